The normalized spacial score (nSPS) is 18.3. The average Bonchev–Trinajstić information content (AvgIpc) is 1.62. The number of anilines is 4. The van der Waals surface area contributed by atoms with Gasteiger partial charge in [-0.25, -0.2) is 45.2 Å². The van der Waals surface area contributed by atoms with Crippen LogP contribution in [0.1, 0.15) is 104 Å². The van der Waals surface area contributed by atoms with Gasteiger partial charge in [0.2, 0.25) is 47.1 Å². The number of carbonyl (C=O) groups is 1. The van der Waals surface area contributed by atoms with Gasteiger partial charge in [0.1, 0.15) is 12.9 Å². The summed E-state index contributed by atoms with van der Waals surface area (Å²) in [5, 5.41) is 35.5. The molecule has 47 heteroatoms. The molecule has 2 spiro atoms. The third kappa shape index (κ3) is 18.9. The molecule has 0 aliphatic carbocycles. The van der Waals surface area contributed by atoms with Crippen LogP contribution in [0.5, 0.6) is 0 Å². The number of furan rings is 4. The van der Waals surface area contributed by atoms with Crippen molar-refractivity contribution in [2.45, 2.75) is 113 Å². The van der Waals surface area contributed by atoms with E-state index in [1.54, 1.807) is 97.6 Å². The van der Waals surface area contributed by atoms with Gasteiger partial charge in [0.15, 0.2) is 68.5 Å². The number of aliphatic imine (C=N–C) groups is 2. The van der Waals surface area contributed by atoms with Crippen LogP contribution in [0.4, 0.5) is 23.8 Å². The summed E-state index contributed by atoms with van der Waals surface area (Å²) in [5.41, 5.74) is 33.4. The topological polar surface area (TPSA) is 565 Å². The zero-order valence-corrected chi connectivity index (χ0v) is 72.5. The molecule has 8 aliphatic rings. The summed E-state index contributed by atoms with van der Waals surface area (Å²) in [6.07, 6.45) is 21.4. The smallest absolute Gasteiger partial charge is 0.296 e. The highest BCUT2D eigenvalue weighted by atomic mass is 32.2. The molecular formula is C83H98N32O14S. The highest BCUT2D eigenvalue weighted by molar-refractivity contribution is 7.86. The van der Waals surface area contributed by atoms with Gasteiger partial charge in [0.05, 0.1) is 147 Å². The molecule has 0 amide bonds. The first-order valence-corrected chi connectivity index (χ1v) is 44.1. The number of fused-ring (bicyclic) bond motifs is 12. The zero-order chi connectivity index (χ0) is 89.5. The molecule has 0 bridgehead atoms. The molecule has 11 N–H and O–H groups in total. The number of carbonyl (C=O) groups excluding carboxylic acids is 1. The Balaban J connectivity index is 0.000000111. The molecule has 8 aliphatic heterocycles. The Morgan fingerprint density at radius 2 is 0.885 bits per heavy atom. The number of nitrogens with one attached hydrogen (secondary N) is 1. The van der Waals surface area contributed by atoms with E-state index < -0.39 is 10.1 Å². The third-order valence-electron chi connectivity index (χ3n) is 23.3. The monoisotopic (exact) mass is 1800 g/mol. The number of likely N-dealkylation sites (tertiary alicyclic amines) is 3. The lowest BCUT2D eigenvalue weighted by Crippen LogP contribution is -2.45. The van der Waals surface area contributed by atoms with E-state index in [4.69, 9.17) is 68.6 Å². The highest BCUT2D eigenvalue weighted by Crippen LogP contribution is 2.37. The molecule has 2 unspecified atom stereocenters. The van der Waals surface area contributed by atoms with Crippen LogP contribution in [0, 0.1) is 6.92 Å². The van der Waals surface area contributed by atoms with Crippen molar-refractivity contribution in [3.8, 4) is 46.3 Å². The summed E-state index contributed by atoms with van der Waals surface area (Å²) < 4.78 is 83.8. The van der Waals surface area contributed by atoms with Gasteiger partial charge in [-0.15, -0.1) is 20.4 Å². The van der Waals surface area contributed by atoms with E-state index >= 15 is 0 Å². The van der Waals surface area contributed by atoms with Crippen molar-refractivity contribution in [3.05, 3.63) is 138 Å². The first kappa shape index (κ1) is 87.4. The Morgan fingerprint density at radius 1 is 0.485 bits per heavy atom. The molecule has 23 rings (SSSR count). The highest BCUT2D eigenvalue weighted by Gasteiger charge is 2.41. The van der Waals surface area contributed by atoms with Crippen LogP contribution in [0.2, 0.25) is 0 Å². The second kappa shape index (κ2) is 38.5. The number of Topliss-reactive ketones (excluding diaryl/α,β-unsaturated/α-hetero) is 1. The second-order valence-corrected chi connectivity index (χ2v) is 33.3. The Labute approximate surface area is 741 Å². The number of oxime groups is 1. The number of nitrogens with two attached hydrogens (primary N) is 5. The first-order valence-electron chi connectivity index (χ1n) is 42.7. The van der Waals surface area contributed by atoms with Crippen molar-refractivity contribution in [1.82, 2.24) is 118 Å². The van der Waals surface area contributed by atoms with E-state index in [9.17, 15) is 13.2 Å². The van der Waals surface area contributed by atoms with E-state index in [1.807, 2.05) is 34.6 Å². The van der Waals surface area contributed by atoms with Gasteiger partial charge in [-0.2, -0.15) is 46.6 Å². The predicted octanol–water partition coefficient (Wildman–Crippen LogP) is 6.23. The number of ketones is 1. The lowest BCUT2D eigenvalue weighted by Gasteiger charge is -2.37. The van der Waals surface area contributed by atoms with Crippen LogP contribution in [0.25, 0.3) is 91.0 Å². The van der Waals surface area contributed by atoms with Gasteiger partial charge in [-0.05, 0) is 74.0 Å². The molecular weight excluding hydrogens is 1700 g/mol. The Bertz CT molecular complexity index is 6610. The first-order chi connectivity index (χ1) is 63.4. The Hall–Kier alpha value is -13.3. The van der Waals surface area contributed by atoms with Crippen molar-refractivity contribution in [3.63, 3.8) is 0 Å². The molecule has 15 aromatic rings. The molecule has 680 valence electrons. The Kier molecular flexibility index (Phi) is 25.9. The number of piperidine rings is 4. The predicted molar refractivity (Wildman–Crippen MR) is 471 cm³/mol. The number of rotatable bonds is 19. The van der Waals surface area contributed by atoms with Crippen LogP contribution >= 0.6 is 0 Å². The van der Waals surface area contributed by atoms with Crippen molar-refractivity contribution in [1.29, 1.82) is 0 Å². The maximum Gasteiger partial charge on any atom is 0.296 e. The number of benzene rings is 1. The number of ether oxygens (including phenoxy) is 4. The molecule has 6 saturated heterocycles. The molecule has 0 saturated carbocycles. The van der Waals surface area contributed by atoms with Crippen molar-refractivity contribution >= 4 is 102 Å². The average molecular weight is 1800 g/mol. The van der Waals surface area contributed by atoms with E-state index in [0.29, 0.717) is 149 Å². The number of nitrogens with zero attached hydrogens (tertiary/aromatic N) is 26. The van der Waals surface area contributed by atoms with Crippen LogP contribution in [-0.2, 0) is 60.8 Å². The summed E-state index contributed by atoms with van der Waals surface area (Å²) in [7, 11) is -0.847. The fourth-order valence-corrected chi connectivity index (χ4v) is 17.4. The number of hydrogen-bond donors (Lipinski definition) is 6. The SMILES string of the molecule is C1CC2(CCN1)OCCO2.CON.CON=C1CCN(CCC2N=Cc3c2nc(N)n2nc(-c4ccco4)nc32)CC1.Cc1ccc(S(=O)(=O)OCCC2N=Cc3c2nc(N)n2nc(-c4ccco4)nc32)cc1.Nc1nc2c(cnn2CCN2CCC(=O)CC2)c2nc(-c3ccco3)nn12.Nc1nc2c(cnn2CCN2CCC3(CC2)OCCO3)c2nc(-c3ccco3)nn12. The molecule has 6 fully saturated rings. The minimum atomic E-state index is -3.84. The van der Waals surface area contributed by atoms with E-state index in [-0.39, 0.29) is 53.0 Å². The van der Waals surface area contributed by atoms with Crippen LogP contribution in [-0.4, -0.2) is 276 Å². The van der Waals surface area contributed by atoms with Gasteiger partial charge in [0, 0.05) is 142 Å². The molecule has 2 atom stereocenters. The molecule has 46 nitrogen and oxygen atoms in total. The summed E-state index contributed by atoms with van der Waals surface area (Å²) >= 11 is 0. The lowest BCUT2D eigenvalue weighted by atomic mass is 10.0. The third-order valence-corrected chi connectivity index (χ3v) is 24.6. The van der Waals surface area contributed by atoms with Crippen LogP contribution in [0.3, 0.4) is 0 Å². The fourth-order valence-electron chi connectivity index (χ4n) is 16.5. The summed E-state index contributed by atoms with van der Waals surface area (Å²) in [4.78, 5) is 72.6. The summed E-state index contributed by atoms with van der Waals surface area (Å²) in [5.74, 6) is 9.15. The maximum atomic E-state index is 12.4. The summed E-state index contributed by atoms with van der Waals surface area (Å²) in [6, 6.07) is 20.4. The van der Waals surface area contributed by atoms with Crippen molar-refractivity contribution in [2.75, 3.05) is 142 Å². The van der Waals surface area contributed by atoms with Crippen LogP contribution in [0.15, 0.2) is 148 Å². The van der Waals surface area contributed by atoms with E-state index in [0.717, 1.165) is 163 Å². The number of hydrogen-bond acceptors (Lipinski definition) is 40. The minimum absolute atomic E-state index is 0.0184. The fraction of sp³-hybridized carbons (Fsp3) is 0.422. The quantitative estimate of drug-likeness (QED) is 0.0386. The molecule has 1 aromatic carbocycles. The minimum Gasteiger partial charge on any atom is -0.461 e. The lowest BCUT2D eigenvalue weighted by molar-refractivity contribution is -0.185. The second-order valence-electron chi connectivity index (χ2n) is 31.6. The van der Waals surface area contributed by atoms with Gasteiger partial charge in [0.25, 0.3) is 10.1 Å². The molecule has 0 radical (unpaired) electrons. The molecule has 14 aromatic heterocycles. The van der Waals surface area contributed by atoms with E-state index in [1.165, 1.54) is 39.1 Å². The van der Waals surface area contributed by atoms with Crippen molar-refractivity contribution < 1.29 is 63.7 Å². The van der Waals surface area contributed by atoms with Crippen molar-refractivity contribution in [2.24, 2.45) is 21.0 Å². The molecule has 130 heavy (non-hydrogen) atoms. The van der Waals surface area contributed by atoms with Gasteiger partial charge < -0.3 is 89.2 Å². The number of aromatic nitrogens is 20. The van der Waals surface area contributed by atoms with Gasteiger partial charge in [-0.1, -0.05) is 22.9 Å². The number of nitrogen functional groups attached to an aromatic ring is 4. The van der Waals surface area contributed by atoms with Crippen LogP contribution < -0.4 is 34.1 Å². The summed E-state index contributed by atoms with van der Waals surface area (Å²) in [6.45, 7) is 16.3. The van der Waals surface area contributed by atoms with Gasteiger partial charge in [-0.3, -0.25) is 19.0 Å². The van der Waals surface area contributed by atoms with E-state index in [2.05, 4.69) is 116 Å². The molecule has 22 heterocycles. The largest absolute Gasteiger partial charge is 0.461 e. The Morgan fingerprint density at radius 3 is 1.32 bits per heavy atom. The number of aryl methyl sites for hydroxylation is 1. The standard InChI is InChI=1S/C20H18N6O4S.C19H22N8O3.C19H22N8O2.C17H18N8O2.C7H13NO2.CH5NO/c1-12-4-6-13(7-5-12)31(27,28)30-10-8-15-17-14(11-22-15)19-24-18(16-3-2-9-29-16)25-26(19)20(21)23-17;20-18-23-16-13(17-22-15(24-27(17)18)14-2-1-9-28-14)12-21-26(16)8-7-25-5-3-19(4-6-25)29-10-11-30-19;1-28-25-12-4-7-26(8-5-12)9-6-14-16-13(11-21-14)18-23-17(15-3-2-10-29-15)24-27(18)19(20)22-16;18-17-21-15-12(16-20-14(22-25(16)17)13-2-1-9-27-13)10-19-24(15)8-7-23-5-3-11(26)4-6-23;1-3-8-4-2-7(1)9-5-6-10-7;1-3-2/h2-7,9,11,15H,8,10H2,1H3,(H2,21,23);1-2,9,12H,3-8,10-11H2,(H2,20,23);2-3,10-11,14H,4-9H2,1H3,(H2,20,22);1-2,9-10H,3-8H2,(H2,18,21);8H,1-6H2;2H2,1H3. The zero-order valence-electron chi connectivity index (χ0n) is 71.6. The maximum absolute atomic E-state index is 12.4. The van der Waals surface area contributed by atoms with Gasteiger partial charge >= 0.3 is 0 Å².